The highest BCUT2D eigenvalue weighted by atomic mass is 19.2. The number of hydrogen-bond acceptors (Lipinski definition) is 2. The van der Waals surface area contributed by atoms with Crippen molar-refractivity contribution in [3.05, 3.63) is 83.7 Å². The summed E-state index contributed by atoms with van der Waals surface area (Å²) in [6.45, 7) is -0.0186. The first-order chi connectivity index (χ1) is 12.6. The third kappa shape index (κ3) is 2.90. The zero-order chi connectivity index (χ0) is 18.1. The number of para-hydroxylation sites is 2. The van der Waals surface area contributed by atoms with E-state index in [4.69, 9.17) is 4.74 Å². The average molecular weight is 354 g/mol. The van der Waals surface area contributed by atoms with Crippen LogP contribution in [-0.2, 0) is 6.61 Å². The molecular weight excluding hydrogens is 341 g/mol. The molecule has 0 aliphatic carbocycles. The topological polar surface area (TPSA) is 37.9 Å². The quantitative estimate of drug-likeness (QED) is 0.510. The fourth-order valence-corrected chi connectivity index (χ4v) is 2.73. The van der Waals surface area contributed by atoms with Gasteiger partial charge in [-0.1, -0.05) is 36.4 Å². The first kappa shape index (κ1) is 16.2. The summed E-state index contributed by atoms with van der Waals surface area (Å²) >= 11 is 0. The van der Waals surface area contributed by atoms with Gasteiger partial charge in [-0.2, -0.15) is 4.39 Å². The van der Waals surface area contributed by atoms with E-state index < -0.39 is 17.5 Å². The van der Waals surface area contributed by atoms with Gasteiger partial charge in [0.25, 0.3) is 0 Å². The van der Waals surface area contributed by atoms with Crippen molar-refractivity contribution in [3.8, 4) is 17.1 Å². The van der Waals surface area contributed by atoms with Crippen molar-refractivity contribution in [3.63, 3.8) is 0 Å². The van der Waals surface area contributed by atoms with Gasteiger partial charge < -0.3 is 9.72 Å². The van der Waals surface area contributed by atoms with E-state index in [9.17, 15) is 13.2 Å². The van der Waals surface area contributed by atoms with Crippen LogP contribution < -0.4 is 4.74 Å². The molecule has 26 heavy (non-hydrogen) atoms. The van der Waals surface area contributed by atoms with Gasteiger partial charge in [-0.25, -0.2) is 13.8 Å². The molecule has 0 radical (unpaired) electrons. The fraction of sp³-hybridized carbons (Fsp3) is 0.0500. The van der Waals surface area contributed by atoms with Crippen molar-refractivity contribution in [1.29, 1.82) is 0 Å². The number of nitrogens with one attached hydrogen (secondary N) is 1. The lowest BCUT2D eigenvalue weighted by molar-refractivity contribution is 0.281. The molecule has 0 spiro atoms. The Bertz CT molecular complexity index is 1060. The van der Waals surface area contributed by atoms with Gasteiger partial charge in [-0.15, -0.1) is 0 Å². The van der Waals surface area contributed by atoms with Gasteiger partial charge >= 0.3 is 0 Å². The molecule has 0 bridgehead atoms. The molecule has 0 saturated heterocycles. The van der Waals surface area contributed by atoms with Gasteiger partial charge in [0.15, 0.2) is 17.4 Å². The number of nitrogens with zero attached hydrogens (tertiary/aromatic N) is 1. The Labute approximate surface area is 147 Å². The highest BCUT2D eigenvalue weighted by Crippen LogP contribution is 2.27. The Morgan fingerprint density at radius 1 is 0.846 bits per heavy atom. The summed E-state index contributed by atoms with van der Waals surface area (Å²) in [6, 6.07) is 16.8. The molecule has 0 fully saturated rings. The SMILES string of the molecule is Fc1ccc(OCc2ccccc2-c2nc3ccccc3[nH]2)c(F)c1F. The van der Waals surface area contributed by atoms with Crippen LogP contribution in [-0.4, -0.2) is 9.97 Å². The van der Waals surface area contributed by atoms with Crippen LogP contribution in [0.3, 0.4) is 0 Å². The number of imidazole rings is 1. The van der Waals surface area contributed by atoms with Crippen LogP contribution in [0.5, 0.6) is 5.75 Å². The largest absolute Gasteiger partial charge is 0.486 e. The summed E-state index contributed by atoms with van der Waals surface area (Å²) in [6.07, 6.45) is 0. The van der Waals surface area contributed by atoms with Crippen molar-refractivity contribution >= 4 is 11.0 Å². The van der Waals surface area contributed by atoms with Gasteiger partial charge in [0, 0.05) is 11.1 Å². The molecule has 0 unspecified atom stereocenters. The number of aromatic amines is 1. The van der Waals surface area contributed by atoms with Crippen molar-refractivity contribution < 1.29 is 17.9 Å². The summed E-state index contributed by atoms with van der Waals surface area (Å²) in [4.78, 5) is 7.78. The van der Waals surface area contributed by atoms with Gasteiger partial charge in [0.2, 0.25) is 5.82 Å². The predicted molar refractivity (Wildman–Crippen MR) is 92.2 cm³/mol. The second kappa shape index (κ2) is 6.55. The Morgan fingerprint density at radius 3 is 2.46 bits per heavy atom. The Kier molecular flexibility index (Phi) is 4.08. The summed E-state index contributed by atoms with van der Waals surface area (Å²) in [5.74, 6) is -3.84. The molecule has 0 atom stereocenters. The normalized spacial score (nSPS) is 11.0. The maximum atomic E-state index is 13.8. The zero-order valence-corrected chi connectivity index (χ0v) is 13.5. The monoisotopic (exact) mass is 354 g/mol. The third-order valence-corrected chi connectivity index (χ3v) is 4.04. The Morgan fingerprint density at radius 2 is 1.62 bits per heavy atom. The van der Waals surface area contributed by atoms with Crippen molar-refractivity contribution in [2.45, 2.75) is 6.61 Å². The van der Waals surface area contributed by atoms with Crippen molar-refractivity contribution in [2.75, 3.05) is 0 Å². The second-order valence-corrected chi connectivity index (χ2v) is 5.72. The number of hydrogen-bond donors (Lipinski definition) is 1. The van der Waals surface area contributed by atoms with E-state index in [1.807, 2.05) is 42.5 Å². The molecule has 1 aromatic heterocycles. The first-order valence-electron chi connectivity index (χ1n) is 7.93. The maximum absolute atomic E-state index is 13.8. The van der Waals surface area contributed by atoms with Gasteiger partial charge in [-0.3, -0.25) is 0 Å². The molecule has 0 aliphatic rings. The van der Waals surface area contributed by atoms with Gasteiger partial charge in [-0.05, 0) is 24.3 Å². The summed E-state index contributed by atoms with van der Waals surface area (Å²) in [5, 5.41) is 0. The molecule has 0 saturated carbocycles. The summed E-state index contributed by atoms with van der Waals surface area (Å²) < 4.78 is 45.5. The predicted octanol–water partition coefficient (Wildman–Crippen LogP) is 5.23. The Balaban J connectivity index is 1.65. The molecule has 1 N–H and O–H groups in total. The Hall–Kier alpha value is -3.28. The van der Waals surface area contributed by atoms with Gasteiger partial charge in [0.1, 0.15) is 12.4 Å². The lowest BCUT2D eigenvalue weighted by Crippen LogP contribution is -2.02. The van der Waals surface area contributed by atoms with Crippen molar-refractivity contribution in [1.82, 2.24) is 9.97 Å². The lowest BCUT2D eigenvalue weighted by atomic mass is 10.1. The average Bonchev–Trinajstić information content (AvgIpc) is 3.10. The van der Waals surface area contributed by atoms with Crippen LogP contribution >= 0.6 is 0 Å². The number of ether oxygens (including phenoxy) is 1. The maximum Gasteiger partial charge on any atom is 0.203 e. The van der Waals surface area contributed by atoms with Crippen LogP contribution in [0, 0.1) is 17.5 Å². The molecule has 3 aromatic carbocycles. The van der Waals surface area contributed by atoms with Crippen molar-refractivity contribution in [2.24, 2.45) is 0 Å². The summed E-state index contributed by atoms with van der Waals surface area (Å²) in [5.41, 5.74) is 3.23. The molecular formula is C20H13F3N2O. The highest BCUT2D eigenvalue weighted by Gasteiger charge is 2.16. The van der Waals surface area contributed by atoms with E-state index in [2.05, 4.69) is 9.97 Å². The number of fused-ring (bicyclic) bond motifs is 1. The number of halogens is 3. The highest BCUT2D eigenvalue weighted by molar-refractivity contribution is 5.79. The second-order valence-electron chi connectivity index (χ2n) is 5.72. The smallest absolute Gasteiger partial charge is 0.203 e. The molecule has 6 heteroatoms. The molecule has 3 nitrogen and oxygen atoms in total. The number of aromatic nitrogens is 2. The van der Waals surface area contributed by atoms with E-state index >= 15 is 0 Å². The van der Waals surface area contributed by atoms with Crippen LogP contribution in [0.15, 0.2) is 60.7 Å². The zero-order valence-electron chi connectivity index (χ0n) is 13.5. The molecule has 1 heterocycles. The van der Waals surface area contributed by atoms with E-state index in [1.165, 1.54) is 0 Å². The number of rotatable bonds is 4. The minimum Gasteiger partial charge on any atom is -0.486 e. The minimum absolute atomic E-state index is 0.0186. The molecule has 0 amide bonds. The van der Waals surface area contributed by atoms with Crippen LogP contribution in [0.1, 0.15) is 5.56 Å². The standard InChI is InChI=1S/C20H13F3N2O/c21-14-9-10-17(19(23)18(14)22)26-11-12-5-1-2-6-13(12)20-24-15-7-3-4-8-16(15)25-20/h1-10H,11H2,(H,24,25). The first-order valence-corrected chi connectivity index (χ1v) is 7.93. The molecule has 4 aromatic rings. The van der Waals surface area contributed by atoms with E-state index in [0.717, 1.165) is 34.3 Å². The van der Waals surface area contributed by atoms with Gasteiger partial charge in [0.05, 0.1) is 11.0 Å². The van der Waals surface area contributed by atoms with E-state index in [1.54, 1.807) is 6.07 Å². The number of H-pyrrole nitrogens is 1. The van der Waals surface area contributed by atoms with E-state index in [0.29, 0.717) is 5.82 Å². The molecule has 4 rings (SSSR count). The van der Waals surface area contributed by atoms with E-state index in [-0.39, 0.29) is 12.4 Å². The fourth-order valence-electron chi connectivity index (χ4n) is 2.73. The van der Waals surface area contributed by atoms with Crippen LogP contribution in [0.2, 0.25) is 0 Å². The van der Waals surface area contributed by atoms with Crippen LogP contribution in [0.25, 0.3) is 22.4 Å². The minimum atomic E-state index is -1.55. The molecule has 130 valence electrons. The lowest BCUT2D eigenvalue weighted by Gasteiger charge is -2.11. The third-order valence-electron chi connectivity index (χ3n) is 4.04. The number of benzene rings is 3. The summed E-state index contributed by atoms with van der Waals surface area (Å²) in [7, 11) is 0. The van der Waals surface area contributed by atoms with Crippen LogP contribution in [0.4, 0.5) is 13.2 Å². The molecule has 0 aliphatic heterocycles.